The van der Waals surface area contributed by atoms with Crippen LogP contribution in [0.3, 0.4) is 0 Å². The molecule has 1 saturated carbocycles. The first-order valence-electron chi connectivity index (χ1n) is 10.6. The molecule has 0 radical (unpaired) electrons. The summed E-state index contributed by atoms with van der Waals surface area (Å²) in [5.41, 5.74) is 0. The van der Waals surface area contributed by atoms with Crippen LogP contribution in [-0.4, -0.2) is 44.4 Å². The predicted octanol–water partition coefficient (Wildman–Crippen LogP) is 3.47. The summed E-state index contributed by atoms with van der Waals surface area (Å²) in [6, 6.07) is 6.64. The molecule has 0 aromatic heterocycles. The van der Waals surface area contributed by atoms with Gasteiger partial charge in [0.05, 0.1) is 4.90 Å². The topological polar surface area (TPSA) is 75.7 Å². The van der Waals surface area contributed by atoms with Gasteiger partial charge in [0.1, 0.15) is 5.75 Å². The van der Waals surface area contributed by atoms with Crippen LogP contribution in [0.15, 0.2) is 29.2 Å². The van der Waals surface area contributed by atoms with Crippen molar-refractivity contribution in [3.8, 4) is 5.75 Å². The van der Waals surface area contributed by atoms with Crippen molar-refractivity contribution in [2.45, 2.75) is 75.1 Å². The van der Waals surface area contributed by atoms with Crippen molar-refractivity contribution in [1.29, 1.82) is 0 Å². The van der Waals surface area contributed by atoms with Crippen LogP contribution in [-0.2, 0) is 14.8 Å². The minimum atomic E-state index is -3.46. The molecule has 0 spiro atoms. The quantitative estimate of drug-likeness (QED) is 0.732. The van der Waals surface area contributed by atoms with Crippen LogP contribution in [0.5, 0.6) is 5.75 Å². The maximum absolute atomic E-state index is 12.8. The average Bonchev–Trinajstić information content (AvgIpc) is 3.12. The molecule has 7 heteroatoms. The SMILES string of the molecule is O=C(COc1ccc(S(=O)(=O)N2CCCCCC2)cc1)NC1CCCCCC1. The number of carbonyl (C=O) groups excluding carboxylic acids is 1. The Morgan fingerprint density at radius 1 is 0.929 bits per heavy atom. The number of nitrogens with zero attached hydrogens (tertiary/aromatic N) is 1. The standard InChI is InChI=1S/C21H32N2O4S/c24-21(22-18-9-5-1-2-6-10-18)17-27-19-11-13-20(14-12-19)28(25,26)23-15-7-3-4-8-16-23/h11-14,18H,1-10,15-17H2,(H,22,24). The van der Waals surface area contributed by atoms with Gasteiger partial charge in [-0.05, 0) is 49.9 Å². The molecule has 28 heavy (non-hydrogen) atoms. The lowest BCUT2D eigenvalue weighted by Crippen LogP contribution is -2.37. The molecule has 1 aromatic rings. The maximum Gasteiger partial charge on any atom is 0.258 e. The third kappa shape index (κ3) is 5.95. The normalized spacial score (nSPS) is 20.1. The molecule has 1 aromatic carbocycles. The van der Waals surface area contributed by atoms with E-state index in [4.69, 9.17) is 4.74 Å². The van der Waals surface area contributed by atoms with Crippen LogP contribution >= 0.6 is 0 Å². The molecular weight excluding hydrogens is 376 g/mol. The highest BCUT2D eigenvalue weighted by Crippen LogP contribution is 2.22. The molecule has 0 atom stereocenters. The fraction of sp³-hybridized carbons (Fsp3) is 0.667. The fourth-order valence-corrected chi connectivity index (χ4v) is 5.50. The van der Waals surface area contributed by atoms with Crippen molar-refractivity contribution in [1.82, 2.24) is 9.62 Å². The Hall–Kier alpha value is -1.60. The van der Waals surface area contributed by atoms with Gasteiger partial charge in [-0.1, -0.05) is 38.5 Å². The molecular formula is C21H32N2O4S. The highest BCUT2D eigenvalue weighted by molar-refractivity contribution is 7.89. The molecule has 1 heterocycles. The Labute approximate surface area is 168 Å². The number of sulfonamides is 1. The zero-order valence-corrected chi connectivity index (χ0v) is 17.4. The largest absolute Gasteiger partial charge is 0.484 e. The van der Waals surface area contributed by atoms with E-state index in [1.165, 1.54) is 25.7 Å². The molecule has 1 aliphatic heterocycles. The summed E-state index contributed by atoms with van der Waals surface area (Å²) in [4.78, 5) is 12.4. The maximum atomic E-state index is 12.8. The van der Waals surface area contributed by atoms with Crippen LogP contribution in [0, 0.1) is 0 Å². The molecule has 1 amide bonds. The predicted molar refractivity (Wildman–Crippen MR) is 109 cm³/mol. The number of hydrogen-bond donors (Lipinski definition) is 1. The molecule has 1 aliphatic carbocycles. The van der Waals surface area contributed by atoms with Crippen LogP contribution < -0.4 is 10.1 Å². The zero-order chi connectivity index (χ0) is 19.8. The lowest BCUT2D eigenvalue weighted by Gasteiger charge is -2.20. The van der Waals surface area contributed by atoms with Crippen molar-refractivity contribution in [2.24, 2.45) is 0 Å². The molecule has 1 saturated heterocycles. The summed E-state index contributed by atoms with van der Waals surface area (Å²) in [6.45, 7) is 1.12. The van der Waals surface area contributed by atoms with Gasteiger partial charge in [0, 0.05) is 19.1 Å². The van der Waals surface area contributed by atoms with Gasteiger partial charge >= 0.3 is 0 Å². The third-order valence-electron chi connectivity index (χ3n) is 5.62. The van der Waals surface area contributed by atoms with E-state index in [1.807, 2.05) is 0 Å². The summed E-state index contributed by atoms with van der Waals surface area (Å²) in [7, 11) is -3.46. The van der Waals surface area contributed by atoms with Crippen LogP contribution in [0.2, 0.25) is 0 Å². The van der Waals surface area contributed by atoms with Crippen molar-refractivity contribution in [3.05, 3.63) is 24.3 Å². The van der Waals surface area contributed by atoms with E-state index < -0.39 is 10.0 Å². The van der Waals surface area contributed by atoms with Gasteiger partial charge in [0.25, 0.3) is 5.91 Å². The Balaban J connectivity index is 1.51. The second kappa shape index (κ2) is 10.3. The second-order valence-electron chi connectivity index (χ2n) is 7.83. The van der Waals surface area contributed by atoms with Gasteiger partial charge in [-0.25, -0.2) is 8.42 Å². The average molecular weight is 409 g/mol. The van der Waals surface area contributed by atoms with Gasteiger partial charge in [-0.15, -0.1) is 0 Å². The van der Waals surface area contributed by atoms with Gasteiger partial charge in [0.2, 0.25) is 10.0 Å². The summed E-state index contributed by atoms with van der Waals surface area (Å²) in [5, 5.41) is 3.05. The highest BCUT2D eigenvalue weighted by atomic mass is 32.2. The molecule has 156 valence electrons. The minimum Gasteiger partial charge on any atom is -0.484 e. The Morgan fingerprint density at radius 3 is 2.11 bits per heavy atom. The number of hydrogen-bond acceptors (Lipinski definition) is 4. The molecule has 0 unspecified atom stereocenters. The number of ether oxygens (including phenoxy) is 1. The summed E-state index contributed by atoms with van der Waals surface area (Å²) < 4.78 is 32.7. The summed E-state index contributed by atoms with van der Waals surface area (Å²) in [5.74, 6) is 0.388. The third-order valence-corrected chi connectivity index (χ3v) is 7.53. The molecule has 2 aliphatic rings. The minimum absolute atomic E-state index is 0.0469. The number of benzene rings is 1. The van der Waals surface area contributed by atoms with E-state index in [2.05, 4.69) is 5.32 Å². The Morgan fingerprint density at radius 2 is 1.50 bits per heavy atom. The van der Waals surface area contributed by atoms with E-state index in [1.54, 1.807) is 28.6 Å². The number of amides is 1. The first kappa shape index (κ1) is 21.1. The van der Waals surface area contributed by atoms with Crippen LogP contribution in [0.4, 0.5) is 0 Å². The monoisotopic (exact) mass is 408 g/mol. The van der Waals surface area contributed by atoms with E-state index in [-0.39, 0.29) is 23.5 Å². The lowest BCUT2D eigenvalue weighted by molar-refractivity contribution is -0.123. The molecule has 6 nitrogen and oxygen atoms in total. The van der Waals surface area contributed by atoms with Crippen molar-refractivity contribution >= 4 is 15.9 Å². The van der Waals surface area contributed by atoms with Crippen LogP contribution in [0.1, 0.15) is 64.2 Å². The summed E-state index contributed by atoms with van der Waals surface area (Å²) >= 11 is 0. The fourth-order valence-electron chi connectivity index (χ4n) is 3.98. The molecule has 2 fully saturated rings. The first-order chi connectivity index (χ1) is 13.6. The summed E-state index contributed by atoms with van der Waals surface area (Å²) in [6.07, 6.45) is 10.9. The smallest absolute Gasteiger partial charge is 0.258 e. The van der Waals surface area contributed by atoms with Crippen molar-refractivity contribution in [3.63, 3.8) is 0 Å². The first-order valence-corrected chi connectivity index (χ1v) is 12.0. The van der Waals surface area contributed by atoms with Crippen molar-refractivity contribution < 1.29 is 17.9 Å². The van der Waals surface area contributed by atoms with E-state index >= 15 is 0 Å². The van der Waals surface area contributed by atoms with Gasteiger partial charge in [-0.3, -0.25) is 4.79 Å². The molecule has 1 N–H and O–H groups in total. The van der Waals surface area contributed by atoms with Gasteiger partial charge < -0.3 is 10.1 Å². The number of carbonyl (C=O) groups is 1. The lowest BCUT2D eigenvalue weighted by atomic mass is 10.1. The highest BCUT2D eigenvalue weighted by Gasteiger charge is 2.25. The second-order valence-corrected chi connectivity index (χ2v) is 9.77. The van der Waals surface area contributed by atoms with Gasteiger partial charge in [0.15, 0.2) is 6.61 Å². The van der Waals surface area contributed by atoms with E-state index in [0.717, 1.165) is 38.5 Å². The van der Waals surface area contributed by atoms with Crippen molar-refractivity contribution in [2.75, 3.05) is 19.7 Å². The molecule has 3 rings (SSSR count). The Bertz CT molecular complexity index is 717. The molecule has 0 bridgehead atoms. The van der Waals surface area contributed by atoms with Gasteiger partial charge in [-0.2, -0.15) is 4.31 Å². The zero-order valence-electron chi connectivity index (χ0n) is 16.6. The van der Waals surface area contributed by atoms with E-state index in [0.29, 0.717) is 18.8 Å². The van der Waals surface area contributed by atoms with E-state index in [9.17, 15) is 13.2 Å². The number of rotatable bonds is 6. The number of nitrogens with one attached hydrogen (secondary N) is 1. The Kier molecular flexibility index (Phi) is 7.73. The van der Waals surface area contributed by atoms with Crippen LogP contribution in [0.25, 0.3) is 0 Å².